The molecule has 9 heteroatoms. The molecule has 1 aliphatic heterocycles. The largest absolute Gasteiger partial charge is 0.456 e. The normalized spacial score (nSPS) is 18.2. The summed E-state index contributed by atoms with van der Waals surface area (Å²) in [6.07, 6.45) is 11.1. The van der Waals surface area contributed by atoms with Crippen molar-refractivity contribution in [3.05, 3.63) is 109 Å². The first-order chi connectivity index (χ1) is 20.4. The molecule has 3 aromatic rings. The molecule has 1 aromatic heterocycles. The number of anilines is 1. The van der Waals surface area contributed by atoms with Crippen LogP contribution in [0.2, 0.25) is 0 Å². The summed E-state index contributed by atoms with van der Waals surface area (Å²) in [4.78, 5) is 18.4. The lowest BCUT2D eigenvalue weighted by Crippen LogP contribution is -3.13. The number of hydrogen-bond acceptors (Lipinski definition) is 6. The molecular formula is C33H43ClFN4O3+. The number of hydrogen-bond donors (Lipinski definition) is 2. The van der Waals surface area contributed by atoms with Crippen LogP contribution >= 0.6 is 11.6 Å². The zero-order valence-corrected chi connectivity index (χ0v) is 25.7. The second-order valence-corrected chi connectivity index (χ2v) is 9.66. The van der Waals surface area contributed by atoms with Crippen molar-refractivity contribution < 1.29 is 23.3 Å². The summed E-state index contributed by atoms with van der Waals surface area (Å²) < 4.78 is 23.6. The molecule has 2 heterocycles. The monoisotopic (exact) mass is 597 g/mol. The van der Waals surface area contributed by atoms with E-state index in [4.69, 9.17) is 9.26 Å². The van der Waals surface area contributed by atoms with Crippen molar-refractivity contribution in [2.75, 3.05) is 31.8 Å². The molecule has 226 valence electrons. The third-order valence-corrected chi connectivity index (χ3v) is 6.78. The summed E-state index contributed by atoms with van der Waals surface area (Å²) in [5, 5.41) is 7.04. The summed E-state index contributed by atoms with van der Waals surface area (Å²) in [6.45, 7) is 10.2. The van der Waals surface area contributed by atoms with E-state index < -0.39 is 0 Å². The molecule has 2 aromatic carbocycles. The third-order valence-electron chi connectivity index (χ3n) is 6.78. The van der Waals surface area contributed by atoms with E-state index in [-0.39, 0.29) is 17.9 Å². The van der Waals surface area contributed by atoms with Crippen LogP contribution < -0.4 is 10.2 Å². The van der Waals surface area contributed by atoms with Gasteiger partial charge in [-0.05, 0) is 43.2 Å². The number of benzene rings is 2. The Hall–Kier alpha value is -3.75. The molecule has 0 amide bonds. The number of carbonyl (C=O) groups is 1. The molecule has 0 radical (unpaired) electrons. The van der Waals surface area contributed by atoms with E-state index in [9.17, 15) is 9.18 Å². The average molecular weight is 598 g/mol. The molecule has 0 spiro atoms. The van der Waals surface area contributed by atoms with Gasteiger partial charge in [0.2, 0.25) is 5.82 Å². The third kappa shape index (κ3) is 11.6. The zero-order chi connectivity index (χ0) is 30.7. The molecule has 2 N–H and O–H groups in total. The van der Waals surface area contributed by atoms with Gasteiger partial charge in [-0.3, -0.25) is 4.79 Å². The van der Waals surface area contributed by atoms with Gasteiger partial charge in [-0.1, -0.05) is 73.3 Å². The van der Waals surface area contributed by atoms with Crippen LogP contribution in [-0.4, -0.2) is 48.7 Å². The van der Waals surface area contributed by atoms with Gasteiger partial charge in [-0.25, -0.2) is 4.39 Å². The molecule has 3 atom stereocenters. The molecule has 0 aliphatic carbocycles. The second-order valence-electron chi connectivity index (χ2n) is 9.66. The fourth-order valence-corrected chi connectivity index (χ4v) is 4.65. The highest BCUT2D eigenvalue weighted by molar-refractivity contribution is 6.15. The van der Waals surface area contributed by atoms with Crippen LogP contribution in [0.15, 0.2) is 90.0 Å². The van der Waals surface area contributed by atoms with Crippen LogP contribution in [0.1, 0.15) is 44.0 Å². The summed E-state index contributed by atoms with van der Waals surface area (Å²) >= 11 is 4.64. The van der Waals surface area contributed by atoms with E-state index >= 15 is 0 Å². The van der Waals surface area contributed by atoms with Crippen LogP contribution in [0.3, 0.4) is 0 Å². The van der Waals surface area contributed by atoms with Crippen molar-refractivity contribution in [1.29, 1.82) is 0 Å². The van der Waals surface area contributed by atoms with E-state index in [0.717, 1.165) is 42.8 Å². The maximum absolute atomic E-state index is 12.5. The van der Waals surface area contributed by atoms with Gasteiger partial charge in [0.25, 0.3) is 5.89 Å². The van der Waals surface area contributed by atoms with Crippen molar-refractivity contribution in [2.45, 2.75) is 45.8 Å². The molecule has 0 saturated carbocycles. The standard InChI is InChI=1S/C25H31N3O3.C7H8FN.CH3Cl/c1-4-10-21(11-5-2)25-26-23(27-31-25)18-28-15-14-20(6-3)22(17-28)30-24(29)16-19-12-8-7-9-13-19;1-9-7-4-2-6(8)3-5-7;1-2/h4-5,7-13,20,22H,1,6,14-18H2,2-3H3;2-5,9H,1H3;1H3/p+1/b11-5-,21-10+;;/t20?,22-;;/m0../s1. The van der Waals surface area contributed by atoms with Crippen molar-refractivity contribution in [3.8, 4) is 0 Å². The molecule has 1 saturated heterocycles. The summed E-state index contributed by atoms with van der Waals surface area (Å²) in [5.41, 5.74) is 2.74. The lowest BCUT2D eigenvalue weighted by molar-refractivity contribution is -0.923. The number of allylic oxidation sites excluding steroid dienone is 5. The first kappa shape index (κ1) is 34.5. The predicted octanol–water partition coefficient (Wildman–Crippen LogP) is 5.91. The van der Waals surface area contributed by atoms with Crippen LogP contribution in [0.5, 0.6) is 0 Å². The van der Waals surface area contributed by atoms with Gasteiger partial charge in [0.1, 0.15) is 18.9 Å². The molecule has 1 fully saturated rings. The molecule has 2 unspecified atom stereocenters. The number of carbonyl (C=O) groups excluding carboxylic acids is 1. The molecular weight excluding hydrogens is 555 g/mol. The lowest BCUT2D eigenvalue weighted by Gasteiger charge is -2.34. The highest BCUT2D eigenvalue weighted by atomic mass is 35.5. The molecule has 0 bridgehead atoms. The van der Waals surface area contributed by atoms with E-state index in [0.29, 0.717) is 30.6 Å². The minimum atomic E-state index is -0.200. The van der Waals surface area contributed by atoms with Crippen molar-refractivity contribution in [3.63, 3.8) is 0 Å². The number of quaternary nitrogens is 1. The molecule has 7 nitrogen and oxygen atoms in total. The first-order valence-corrected chi connectivity index (χ1v) is 14.9. The molecule has 42 heavy (non-hydrogen) atoms. The van der Waals surface area contributed by atoms with Gasteiger partial charge in [0.05, 0.1) is 13.0 Å². The quantitative estimate of drug-likeness (QED) is 0.172. The number of esters is 1. The number of piperidine rings is 1. The number of nitrogens with zero attached hydrogens (tertiary/aromatic N) is 2. The number of alkyl halides is 1. The SMILES string of the molecule is C=C/C=C(\C=C/C)c1nc(C[NH+]2CCC(CC)[C@@H](OC(=O)Cc3ccccc3)C2)no1.CCl.CNc1ccc(F)cc1. The maximum Gasteiger partial charge on any atom is 0.310 e. The Labute approximate surface area is 254 Å². The van der Waals surface area contributed by atoms with Crippen molar-refractivity contribution in [2.24, 2.45) is 5.92 Å². The summed E-state index contributed by atoms with van der Waals surface area (Å²) in [5.74, 6) is 1.17. The fraction of sp³-hybridized carbons (Fsp3) is 0.364. The van der Waals surface area contributed by atoms with Crippen LogP contribution in [0.4, 0.5) is 10.1 Å². The molecule has 4 rings (SSSR count). The maximum atomic E-state index is 12.5. The minimum absolute atomic E-state index is 0.0874. The van der Waals surface area contributed by atoms with Crippen LogP contribution in [-0.2, 0) is 22.5 Å². The van der Waals surface area contributed by atoms with Gasteiger partial charge in [0.15, 0.2) is 6.10 Å². The number of nitrogens with one attached hydrogen (secondary N) is 2. The van der Waals surface area contributed by atoms with Crippen LogP contribution in [0, 0.1) is 11.7 Å². The van der Waals surface area contributed by atoms with Crippen molar-refractivity contribution >= 4 is 28.8 Å². The highest BCUT2D eigenvalue weighted by Gasteiger charge is 2.34. The van der Waals surface area contributed by atoms with Gasteiger partial charge < -0.3 is 19.5 Å². The predicted molar refractivity (Wildman–Crippen MR) is 168 cm³/mol. The summed E-state index contributed by atoms with van der Waals surface area (Å²) in [7, 11) is 1.80. The second kappa shape index (κ2) is 19.4. The first-order valence-electron chi connectivity index (χ1n) is 14.1. The smallest absolute Gasteiger partial charge is 0.310 e. The number of aromatic nitrogens is 2. The van der Waals surface area contributed by atoms with Crippen molar-refractivity contribution in [1.82, 2.24) is 10.1 Å². The van der Waals surface area contributed by atoms with Gasteiger partial charge >= 0.3 is 5.97 Å². The van der Waals surface area contributed by atoms with E-state index in [2.05, 4.69) is 40.6 Å². The number of ether oxygens (including phenoxy) is 1. The summed E-state index contributed by atoms with van der Waals surface area (Å²) in [6, 6.07) is 16.0. The van der Waals surface area contributed by atoms with E-state index in [1.807, 2.05) is 55.5 Å². The van der Waals surface area contributed by atoms with E-state index in [1.54, 1.807) is 25.3 Å². The topological polar surface area (TPSA) is 81.7 Å². The molecule has 1 aliphatic rings. The Morgan fingerprint density at radius 1 is 1.21 bits per heavy atom. The number of halogens is 2. The number of rotatable bonds is 10. The Kier molecular flexibility index (Phi) is 15.9. The van der Waals surface area contributed by atoms with Crippen LogP contribution in [0.25, 0.3) is 5.57 Å². The van der Waals surface area contributed by atoms with Gasteiger partial charge in [0, 0.05) is 37.0 Å². The van der Waals surface area contributed by atoms with Gasteiger partial charge in [-0.15, -0.1) is 11.6 Å². The lowest BCUT2D eigenvalue weighted by atomic mass is 9.91. The Morgan fingerprint density at radius 3 is 2.55 bits per heavy atom. The number of likely N-dealkylation sites (tertiary alicyclic amines) is 1. The Morgan fingerprint density at radius 2 is 1.93 bits per heavy atom. The fourth-order valence-electron chi connectivity index (χ4n) is 4.65. The van der Waals surface area contributed by atoms with E-state index in [1.165, 1.54) is 23.4 Å². The minimum Gasteiger partial charge on any atom is -0.456 e. The van der Waals surface area contributed by atoms with Gasteiger partial charge in [-0.2, -0.15) is 4.98 Å². The Bertz CT molecular complexity index is 1260. The Balaban J connectivity index is 0.000000473. The average Bonchev–Trinajstić information content (AvgIpc) is 3.48. The zero-order valence-electron chi connectivity index (χ0n) is 25.0. The highest BCUT2D eigenvalue weighted by Crippen LogP contribution is 2.19.